The molecular formula is C18H18N4O. The third kappa shape index (κ3) is 3.13. The first-order valence-electron chi connectivity index (χ1n) is 7.42. The summed E-state index contributed by atoms with van der Waals surface area (Å²) in [5, 5.41) is 11.5. The zero-order valence-corrected chi connectivity index (χ0v) is 13.4. The van der Waals surface area contributed by atoms with Crippen LogP contribution in [-0.2, 0) is 0 Å². The van der Waals surface area contributed by atoms with E-state index in [1.54, 1.807) is 6.92 Å². The fourth-order valence-electron chi connectivity index (χ4n) is 2.40. The van der Waals surface area contributed by atoms with Crippen molar-refractivity contribution in [3.63, 3.8) is 0 Å². The summed E-state index contributed by atoms with van der Waals surface area (Å²) in [6, 6.07) is 15.4. The normalized spacial score (nSPS) is 10.6. The minimum absolute atomic E-state index is 0.253. The van der Waals surface area contributed by atoms with Crippen LogP contribution in [0, 0.1) is 20.8 Å². The lowest BCUT2D eigenvalue weighted by atomic mass is 10.1. The molecule has 0 saturated carbocycles. The summed E-state index contributed by atoms with van der Waals surface area (Å²) in [5.74, 6) is -0.253. The van der Waals surface area contributed by atoms with E-state index in [0.29, 0.717) is 11.4 Å². The monoisotopic (exact) mass is 306 g/mol. The molecule has 1 N–H and O–H groups in total. The first kappa shape index (κ1) is 15.0. The predicted molar refractivity (Wildman–Crippen MR) is 90.0 cm³/mol. The Morgan fingerprint density at radius 3 is 2.43 bits per heavy atom. The summed E-state index contributed by atoms with van der Waals surface area (Å²) in [6.07, 6.45) is 0. The molecule has 0 atom stereocenters. The van der Waals surface area contributed by atoms with Crippen LogP contribution in [0.15, 0.2) is 48.5 Å². The van der Waals surface area contributed by atoms with Crippen molar-refractivity contribution >= 4 is 11.6 Å². The number of hydrogen-bond donors (Lipinski definition) is 1. The predicted octanol–water partition coefficient (Wildman–Crippen LogP) is 3.44. The summed E-state index contributed by atoms with van der Waals surface area (Å²) in [6.45, 7) is 5.77. The maximum Gasteiger partial charge on any atom is 0.278 e. The Morgan fingerprint density at radius 1 is 1.00 bits per heavy atom. The fourth-order valence-corrected chi connectivity index (χ4v) is 2.40. The van der Waals surface area contributed by atoms with E-state index in [1.807, 2.05) is 62.4 Å². The average molecular weight is 306 g/mol. The zero-order chi connectivity index (χ0) is 16.4. The number of hydrogen-bond acceptors (Lipinski definition) is 3. The average Bonchev–Trinajstić information content (AvgIpc) is 2.93. The topological polar surface area (TPSA) is 59.8 Å². The molecule has 3 rings (SSSR count). The molecule has 0 bridgehead atoms. The highest BCUT2D eigenvalue weighted by Gasteiger charge is 2.17. The van der Waals surface area contributed by atoms with E-state index in [1.165, 1.54) is 4.80 Å². The van der Waals surface area contributed by atoms with E-state index in [-0.39, 0.29) is 5.91 Å². The van der Waals surface area contributed by atoms with Crippen molar-refractivity contribution < 1.29 is 4.79 Å². The Hall–Kier alpha value is -2.95. The molecule has 1 amide bonds. The molecule has 0 fully saturated rings. The van der Waals surface area contributed by atoms with Crippen LogP contribution in [0.3, 0.4) is 0 Å². The molecule has 3 aromatic rings. The number of carbonyl (C=O) groups excluding carboxylic acids is 1. The third-order valence-electron chi connectivity index (χ3n) is 3.61. The van der Waals surface area contributed by atoms with Crippen LogP contribution in [0.25, 0.3) is 5.69 Å². The van der Waals surface area contributed by atoms with Crippen molar-refractivity contribution in [3.05, 3.63) is 71.0 Å². The van der Waals surface area contributed by atoms with Gasteiger partial charge in [-0.25, -0.2) is 0 Å². The second-order valence-electron chi connectivity index (χ2n) is 5.53. The number of nitrogens with one attached hydrogen (secondary N) is 1. The highest BCUT2D eigenvalue weighted by atomic mass is 16.2. The molecule has 0 saturated heterocycles. The van der Waals surface area contributed by atoms with E-state index >= 15 is 0 Å². The van der Waals surface area contributed by atoms with Gasteiger partial charge in [-0.1, -0.05) is 35.9 Å². The van der Waals surface area contributed by atoms with Gasteiger partial charge in [-0.2, -0.15) is 9.90 Å². The summed E-state index contributed by atoms with van der Waals surface area (Å²) < 4.78 is 0. The van der Waals surface area contributed by atoms with Crippen LogP contribution in [0.4, 0.5) is 5.69 Å². The molecule has 5 heteroatoms. The van der Waals surface area contributed by atoms with Crippen molar-refractivity contribution in [2.75, 3.05) is 5.32 Å². The lowest BCUT2D eigenvalue weighted by Crippen LogP contribution is -2.15. The Bertz CT molecular complexity index is 853. The zero-order valence-electron chi connectivity index (χ0n) is 13.4. The van der Waals surface area contributed by atoms with Gasteiger partial charge in [-0.3, -0.25) is 4.79 Å². The molecule has 1 heterocycles. The quantitative estimate of drug-likeness (QED) is 0.806. The summed E-state index contributed by atoms with van der Waals surface area (Å²) in [5.41, 5.74) is 4.71. The lowest BCUT2D eigenvalue weighted by molar-refractivity contribution is 0.102. The molecule has 116 valence electrons. The van der Waals surface area contributed by atoms with Crippen molar-refractivity contribution in [2.24, 2.45) is 0 Å². The van der Waals surface area contributed by atoms with Crippen LogP contribution in [-0.4, -0.2) is 20.9 Å². The van der Waals surface area contributed by atoms with Crippen LogP contribution in [0.2, 0.25) is 0 Å². The van der Waals surface area contributed by atoms with E-state index < -0.39 is 0 Å². The number of amides is 1. The lowest BCUT2D eigenvalue weighted by Gasteiger charge is -2.07. The number of aromatic nitrogens is 3. The summed E-state index contributed by atoms with van der Waals surface area (Å²) in [7, 11) is 0. The number of rotatable bonds is 3. The fraction of sp³-hybridized carbons (Fsp3) is 0.167. The van der Waals surface area contributed by atoms with E-state index in [9.17, 15) is 4.79 Å². The second-order valence-corrected chi connectivity index (χ2v) is 5.53. The first-order chi connectivity index (χ1) is 11.0. The van der Waals surface area contributed by atoms with Gasteiger partial charge in [0.1, 0.15) is 0 Å². The second kappa shape index (κ2) is 6.04. The molecule has 23 heavy (non-hydrogen) atoms. The third-order valence-corrected chi connectivity index (χ3v) is 3.61. The van der Waals surface area contributed by atoms with Gasteiger partial charge in [0.25, 0.3) is 5.91 Å². The van der Waals surface area contributed by atoms with E-state index in [2.05, 4.69) is 15.5 Å². The number of carbonyl (C=O) groups is 1. The Morgan fingerprint density at radius 2 is 1.74 bits per heavy atom. The van der Waals surface area contributed by atoms with Crippen LogP contribution >= 0.6 is 0 Å². The standard InChI is InChI=1S/C18H18N4O/c1-12-9-10-16(13(2)11-12)19-18(23)17-14(3)20-22(21-17)15-7-5-4-6-8-15/h4-11H,1-3H3,(H,19,23). The van der Waals surface area contributed by atoms with Gasteiger partial charge in [-0.15, -0.1) is 5.10 Å². The van der Waals surface area contributed by atoms with Gasteiger partial charge in [-0.05, 0) is 44.5 Å². The summed E-state index contributed by atoms with van der Waals surface area (Å²) in [4.78, 5) is 14.0. The molecule has 2 aromatic carbocycles. The minimum Gasteiger partial charge on any atom is -0.320 e. The molecule has 0 aliphatic heterocycles. The van der Waals surface area contributed by atoms with Gasteiger partial charge in [0, 0.05) is 5.69 Å². The van der Waals surface area contributed by atoms with E-state index in [4.69, 9.17) is 0 Å². The van der Waals surface area contributed by atoms with Crippen LogP contribution < -0.4 is 5.32 Å². The number of anilines is 1. The van der Waals surface area contributed by atoms with Crippen LogP contribution in [0.5, 0.6) is 0 Å². The number of nitrogens with zero attached hydrogens (tertiary/aromatic N) is 3. The van der Waals surface area contributed by atoms with Crippen molar-refractivity contribution in [1.82, 2.24) is 15.0 Å². The van der Waals surface area contributed by atoms with Gasteiger partial charge in [0.15, 0.2) is 5.69 Å². The van der Waals surface area contributed by atoms with Gasteiger partial charge >= 0.3 is 0 Å². The van der Waals surface area contributed by atoms with Crippen molar-refractivity contribution in [1.29, 1.82) is 0 Å². The van der Waals surface area contributed by atoms with Crippen molar-refractivity contribution in [2.45, 2.75) is 20.8 Å². The molecular weight excluding hydrogens is 288 g/mol. The molecule has 0 radical (unpaired) electrons. The van der Waals surface area contributed by atoms with Gasteiger partial charge < -0.3 is 5.32 Å². The van der Waals surface area contributed by atoms with Crippen molar-refractivity contribution in [3.8, 4) is 5.69 Å². The Balaban J connectivity index is 1.87. The maximum absolute atomic E-state index is 12.5. The maximum atomic E-state index is 12.5. The summed E-state index contributed by atoms with van der Waals surface area (Å²) >= 11 is 0. The number of aryl methyl sites for hydroxylation is 3. The number of benzene rings is 2. The molecule has 1 aromatic heterocycles. The number of para-hydroxylation sites is 1. The molecule has 5 nitrogen and oxygen atoms in total. The molecule has 0 unspecified atom stereocenters. The first-order valence-corrected chi connectivity index (χ1v) is 7.42. The van der Waals surface area contributed by atoms with Gasteiger partial charge in [0.05, 0.1) is 11.4 Å². The highest BCUT2D eigenvalue weighted by molar-refractivity contribution is 6.03. The van der Waals surface area contributed by atoms with Gasteiger partial charge in [0.2, 0.25) is 0 Å². The molecule has 0 spiro atoms. The smallest absolute Gasteiger partial charge is 0.278 e. The largest absolute Gasteiger partial charge is 0.320 e. The van der Waals surface area contributed by atoms with E-state index in [0.717, 1.165) is 22.5 Å². The molecule has 0 aliphatic rings. The molecule has 0 aliphatic carbocycles. The minimum atomic E-state index is -0.253. The Kier molecular flexibility index (Phi) is 3.93. The SMILES string of the molecule is Cc1ccc(NC(=O)c2nn(-c3ccccc3)nc2C)c(C)c1. The Labute approximate surface area is 135 Å². The van der Waals surface area contributed by atoms with Crippen LogP contribution in [0.1, 0.15) is 27.3 Å². The highest BCUT2D eigenvalue weighted by Crippen LogP contribution is 2.17.